The van der Waals surface area contributed by atoms with Gasteiger partial charge in [-0.1, -0.05) is 0 Å². The minimum absolute atomic E-state index is 0. The zero-order valence-electron chi connectivity index (χ0n) is 31.4. The second-order valence-corrected chi connectivity index (χ2v) is 14.9. The van der Waals surface area contributed by atoms with E-state index in [1.54, 1.807) is 13.0 Å². The fourth-order valence-corrected chi connectivity index (χ4v) is 7.20. The van der Waals surface area contributed by atoms with Crippen molar-refractivity contribution in [3.05, 3.63) is 53.6 Å². The van der Waals surface area contributed by atoms with E-state index in [1.807, 2.05) is 0 Å². The number of carboxylic acids is 1. The fourth-order valence-electron chi connectivity index (χ4n) is 4.62. The number of nitrogens with two attached hydrogens (primary N) is 1. The number of anilines is 1. The molecule has 0 unspecified atom stereocenters. The second kappa shape index (κ2) is 26.0. The van der Waals surface area contributed by atoms with E-state index in [0.29, 0.717) is 11.3 Å². The van der Waals surface area contributed by atoms with Crippen molar-refractivity contribution in [2.45, 2.75) is 21.6 Å². The number of aryl methyl sites for hydroxylation is 1. The van der Waals surface area contributed by atoms with Gasteiger partial charge in [0.25, 0.3) is 0 Å². The number of azo groups is 2. The number of sulfone groups is 1. The molecule has 58 heavy (non-hydrogen) atoms. The zero-order chi connectivity index (χ0) is 39.8. The molecule has 0 saturated carbocycles. The Balaban J connectivity index is 0.00000812. The molecule has 0 bridgehead atoms. The van der Waals surface area contributed by atoms with Gasteiger partial charge in [0.05, 0.1) is 76.0 Å². The van der Waals surface area contributed by atoms with Crippen molar-refractivity contribution in [3.63, 3.8) is 0 Å². The van der Waals surface area contributed by atoms with E-state index in [2.05, 4.69) is 39.2 Å². The van der Waals surface area contributed by atoms with Crippen molar-refractivity contribution < 1.29 is 198 Å². The molecule has 0 fully saturated rings. The molecule has 0 atom stereocenters. The monoisotopic (exact) mass is 921 g/mol. The summed E-state index contributed by atoms with van der Waals surface area (Å²) in [5.41, 5.74) is 3.77. The second-order valence-electron chi connectivity index (χ2n) is 10.2. The molecule has 4 aromatic carbocycles. The van der Waals surface area contributed by atoms with Crippen LogP contribution in [0.5, 0.6) is 17.2 Å². The summed E-state index contributed by atoms with van der Waals surface area (Å²) in [5, 5.41) is 65.2. The number of fused-ring (bicyclic) bond motifs is 1. The molecule has 0 heterocycles. The van der Waals surface area contributed by atoms with Crippen LogP contribution in [-0.2, 0) is 42.9 Å². The molecule has 0 aliphatic carbocycles. The van der Waals surface area contributed by atoms with Crippen LogP contribution in [0.3, 0.4) is 0 Å². The number of aromatic hydroxyl groups is 1. The average Bonchev–Trinajstić information content (AvgIpc) is 3.12. The number of nitrogens with zero attached hydrogens (tertiary/aromatic N) is 4. The molecule has 0 saturated heterocycles. The zero-order valence-corrected chi connectivity index (χ0v) is 42.7. The van der Waals surface area contributed by atoms with Crippen LogP contribution in [0, 0.1) is 6.92 Å². The number of hydrogen-bond donors (Lipinski definition) is 2. The Morgan fingerprint density at radius 3 is 2.05 bits per heavy atom. The number of phenolic OH excluding ortho intramolecular Hbond substituents is 1. The third-order valence-corrected chi connectivity index (χ3v) is 10.5. The molecular formula is C28H23N5Na4O17S4. The van der Waals surface area contributed by atoms with Gasteiger partial charge < -0.3 is 45.3 Å². The minimum atomic E-state index is -5.35. The van der Waals surface area contributed by atoms with E-state index >= 15 is 0 Å². The first-order chi connectivity index (χ1) is 25.6. The van der Waals surface area contributed by atoms with Crippen molar-refractivity contribution in [2.75, 3.05) is 32.3 Å². The maximum absolute atomic E-state index is 12.9. The summed E-state index contributed by atoms with van der Waals surface area (Å²) in [7, 11) is -6.82. The smallest absolute Gasteiger partial charge is 0.744 e. The molecule has 0 aliphatic heterocycles. The van der Waals surface area contributed by atoms with Gasteiger partial charge in [-0.15, -0.1) is 24.8 Å². The van der Waals surface area contributed by atoms with Gasteiger partial charge >= 0.3 is 118 Å². The van der Waals surface area contributed by atoms with Crippen molar-refractivity contribution in [1.82, 2.24) is 0 Å². The van der Waals surface area contributed by atoms with Crippen LogP contribution in [0.2, 0.25) is 0 Å². The Kier molecular flexibility index (Phi) is 25.7. The number of methoxy groups -OCH3 is 2. The average molecular weight is 922 g/mol. The van der Waals surface area contributed by atoms with Gasteiger partial charge in [-0.05, 0) is 54.3 Å². The van der Waals surface area contributed by atoms with Gasteiger partial charge in [-0.3, -0.25) is 14.3 Å². The maximum atomic E-state index is 12.9. The van der Waals surface area contributed by atoms with Crippen LogP contribution in [0.15, 0.2) is 77.6 Å². The molecule has 0 amide bonds. The topological polar surface area (TPSA) is 338 Å². The summed E-state index contributed by atoms with van der Waals surface area (Å²) in [4.78, 5) is 10.1. The van der Waals surface area contributed by atoms with E-state index < -0.39 is 82.1 Å². The fraction of sp³-hybridized carbons (Fsp3) is 0.179. The standard InChI is InChI=1S/C28H27N5O17S4.4Na/c1-13-8-20(45-3)18(12-19(13)44-2)31-33-26-22(54(41,42)43)10-14-9-21(51-49-47-37)25(27(34)23(14)24(26)29)32-30-17-11-15(4-5-16(17)28(35)36)53(39,40)7-6-46-52-50-48-38;;;;/h4-5,8-12,34,37-38H,6-7,29H2,1-3H3,(H,35,36)(H,41,42,43);;;;/q;4*+1/p-4. The molecule has 30 heteroatoms. The Labute approximate surface area is 426 Å². The number of carboxylic acid groups (broad SMARTS) is 1. The summed E-state index contributed by atoms with van der Waals surface area (Å²) < 4.78 is 86.5. The third-order valence-electron chi connectivity index (χ3n) is 7.03. The normalized spacial score (nSPS) is 11.4. The molecule has 0 aromatic heterocycles. The number of rotatable bonds is 18. The van der Waals surface area contributed by atoms with Crippen molar-refractivity contribution in [3.8, 4) is 17.2 Å². The quantitative estimate of drug-likeness (QED) is 0.0137. The number of ether oxygens (including phenoxy) is 2. The largest absolute Gasteiger partial charge is 1.00 e. The van der Waals surface area contributed by atoms with Crippen LogP contribution >= 0.6 is 24.4 Å². The number of carbonyl (C=O) groups is 1. The van der Waals surface area contributed by atoms with Gasteiger partial charge in [0.1, 0.15) is 38.7 Å². The Morgan fingerprint density at radius 2 is 1.47 bits per heavy atom. The van der Waals surface area contributed by atoms with E-state index in [1.165, 1.54) is 20.3 Å². The van der Waals surface area contributed by atoms with Crippen molar-refractivity contribution in [2.24, 2.45) is 20.5 Å². The van der Waals surface area contributed by atoms with Crippen LogP contribution < -0.4 is 149 Å². The van der Waals surface area contributed by atoms with Gasteiger partial charge in [0.15, 0.2) is 27.9 Å². The van der Waals surface area contributed by atoms with Crippen molar-refractivity contribution in [1.29, 1.82) is 0 Å². The summed E-state index contributed by atoms with van der Waals surface area (Å²) >= 11 is 0.183. The molecule has 22 nitrogen and oxygen atoms in total. The summed E-state index contributed by atoms with van der Waals surface area (Å²) in [5.74, 6) is -2.87. The van der Waals surface area contributed by atoms with Gasteiger partial charge in [0, 0.05) is 11.6 Å². The van der Waals surface area contributed by atoms with Crippen LogP contribution in [-0.4, -0.2) is 59.0 Å². The first-order valence-corrected chi connectivity index (χ1v) is 18.6. The molecule has 0 spiro atoms. The molecule has 290 valence electrons. The van der Waals surface area contributed by atoms with Crippen LogP contribution in [0.25, 0.3) is 10.8 Å². The van der Waals surface area contributed by atoms with Crippen molar-refractivity contribution >= 4 is 89.5 Å². The van der Waals surface area contributed by atoms with E-state index in [9.17, 15) is 46.9 Å². The van der Waals surface area contributed by atoms with E-state index in [0.717, 1.165) is 30.3 Å². The number of aromatic carboxylic acids is 1. The number of phenols is 1. The van der Waals surface area contributed by atoms with Gasteiger partial charge in [0.2, 0.25) is 0 Å². The Hall–Kier alpha value is -0.710. The first kappa shape index (κ1) is 57.3. The first-order valence-electron chi connectivity index (χ1n) is 14.2. The predicted molar refractivity (Wildman–Crippen MR) is 177 cm³/mol. The summed E-state index contributed by atoms with van der Waals surface area (Å²) in [6.45, 7) is 1.21. The SMILES string of the molecule is COc1cc(N=Nc2c(S(=O)(=O)[O-])cc3cc(SOO[O-])c(N=Nc4cc(S(=O)(=O)CCOSOO[O-])ccc4C(=O)[O-])c(O)c3c2N)c(OC)cc1C.[Na+].[Na+].[Na+].[Na+]. The van der Waals surface area contributed by atoms with E-state index in [4.69, 9.17) is 19.4 Å². The maximum Gasteiger partial charge on any atom is 1.00 e. The summed E-state index contributed by atoms with van der Waals surface area (Å²) in [6.07, 6.45) is 0. The Bertz CT molecular complexity index is 2360. The third kappa shape index (κ3) is 14.4. The predicted octanol–water partition coefficient (Wildman–Crippen LogP) is -9.62. The van der Waals surface area contributed by atoms with E-state index in [-0.39, 0.29) is 170 Å². The molecule has 4 aromatic rings. The molecular weight excluding hydrogens is 899 g/mol. The molecule has 0 aliphatic rings. The van der Waals surface area contributed by atoms with Gasteiger partial charge in [-0.25, -0.2) is 16.8 Å². The van der Waals surface area contributed by atoms with Gasteiger partial charge in [-0.2, -0.15) is 4.33 Å². The molecule has 0 radical (unpaired) electrons. The number of carbonyl (C=O) groups excluding carboxylic acids is 1. The number of benzene rings is 4. The number of nitrogen functional groups attached to an aromatic ring is 1. The molecule has 4 rings (SSSR count). The van der Waals surface area contributed by atoms with Crippen LogP contribution in [0.1, 0.15) is 15.9 Å². The Morgan fingerprint density at radius 1 is 0.845 bits per heavy atom. The minimum Gasteiger partial charge on any atom is -0.744 e. The molecule has 3 N–H and O–H groups in total. The van der Waals surface area contributed by atoms with Crippen LogP contribution in [0.4, 0.5) is 28.4 Å². The summed E-state index contributed by atoms with van der Waals surface area (Å²) in [6, 6.07) is 7.39. The number of hydrogen-bond acceptors (Lipinski definition) is 24.